The molecule has 0 saturated carbocycles. The Bertz CT molecular complexity index is 97.2. The average Bonchev–Trinajstić information content (AvgIpc) is 0.722. The number of hydrogen-bond acceptors (Lipinski definition) is 4. The number of rotatable bonds is 0. The van der Waals surface area contributed by atoms with E-state index in [1.54, 1.807) is 0 Å². The number of hydrogen-bond donors (Lipinski definition) is 0. The minimum atomic E-state index is -5.17. The second-order valence-electron chi connectivity index (χ2n) is 0.408. The Morgan fingerprint density at radius 1 is 1.00 bits per heavy atom. The van der Waals surface area contributed by atoms with Gasteiger partial charge in [-0.25, -0.2) is 0 Å². The molecule has 0 bridgehead atoms. The molecule has 35 valence electrons. The normalized spacial score (nSPS) is 7.25. The Labute approximate surface area is 144 Å². The maximum Gasteiger partial charge on any atom is 3.00 e. The molecule has 0 saturated heterocycles. The summed E-state index contributed by atoms with van der Waals surface area (Å²) in [5, 5.41) is 0. The van der Waals surface area contributed by atoms with Crippen molar-refractivity contribution in [3.05, 3.63) is 0 Å². The first kappa shape index (κ1) is 22.6. The molecule has 4 nitrogen and oxygen atoms in total. The topological polar surface area (TPSA) is 80.3 Å². The van der Waals surface area contributed by atoms with E-state index in [2.05, 4.69) is 0 Å². The van der Waals surface area contributed by atoms with Crippen LogP contribution < -0.4 is 103 Å². The van der Waals surface area contributed by atoms with Crippen LogP contribution in [0, 0.1) is 0 Å². The van der Waals surface area contributed by atoms with E-state index in [0.717, 1.165) is 0 Å². The van der Waals surface area contributed by atoms with Crippen LogP contribution in [0.3, 0.4) is 0 Å². The summed E-state index contributed by atoms with van der Waals surface area (Å²) in [4.78, 5) is 0. The SMILES string of the molecule is O=S(=O)([O-])[O-].[Cr+3].[K+].[K+]. The van der Waals surface area contributed by atoms with E-state index in [-0.39, 0.29) is 120 Å². The van der Waals surface area contributed by atoms with E-state index in [0.29, 0.717) is 0 Å². The quantitative estimate of drug-likeness (QED) is 0.233. The third-order valence-electron chi connectivity index (χ3n) is 0. The predicted molar refractivity (Wildman–Crippen MR) is 10.5 cm³/mol. The van der Waals surface area contributed by atoms with E-state index in [1.165, 1.54) is 0 Å². The van der Waals surface area contributed by atoms with Crippen LogP contribution in [-0.4, -0.2) is 17.5 Å². The van der Waals surface area contributed by atoms with E-state index >= 15 is 0 Å². The summed E-state index contributed by atoms with van der Waals surface area (Å²) >= 11 is 0. The van der Waals surface area contributed by atoms with E-state index < -0.39 is 10.4 Å². The molecule has 0 aliphatic rings. The van der Waals surface area contributed by atoms with Gasteiger partial charge in [0.05, 0.1) is 0 Å². The minimum absolute atomic E-state index is 0. The molecule has 8 heteroatoms. The first-order valence-electron chi connectivity index (χ1n) is 0.667. The van der Waals surface area contributed by atoms with E-state index in [1.807, 2.05) is 0 Å². The fourth-order valence-corrected chi connectivity index (χ4v) is 0. The van der Waals surface area contributed by atoms with Crippen molar-refractivity contribution in [3.8, 4) is 0 Å². The van der Waals surface area contributed by atoms with Gasteiger partial charge >= 0.3 is 120 Å². The standard InChI is InChI=1S/Cr.2K.H2O4S/c;;;1-5(2,3)4/h;;;(H2,1,2,3,4)/q+3;2*+1;/p-2. The Morgan fingerprint density at radius 3 is 1.00 bits per heavy atom. The van der Waals surface area contributed by atoms with Crippen LogP contribution in [0.1, 0.15) is 0 Å². The molecule has 0 fully saturated rings. The molecule has 0 amide bonds. The molecule has 0 unspecified atom stereocenters. The molecule has 0 aliphatic heterocycles. The zero-order chi connectivity index (χ0) is 4.50. The Morgan fingerprint density at radius 2 is 1.00 bits per heavy atom. The first-order valence-corrected chi connectivity index (χ1v) is 2.00. The molecule has 1 radical (unpaired) electrons. The molecule has 0 heterocycles. The molecule has 0 aromatic heterocycles. The van der Waals surface area contributed by atoms with Crippen molar-refractivity contribution >= 4 is 10.4 Å². The van der Waals surface area contributed by atoms with Crippen molar-refractivity contribution in [1.29, 1.82) is 0 Å². The monoisotopic (exact) mass is 226 g/mol. The second-order valence-corrected chi connectivity index (χ2v) is 1.22. The van der Waals surface area contributed by atoms with Gasteiger partial charge in [0.15, 0.2) is 0 Å². The van der Waals surface area contributed by atoms with Gasteiger partial charge < -0.3 is 9.11 Å². The zero-order valence-electron chi connectivity index (χ0n) is 4.45. The van der Waals surface area contributed by atoms with Gasteiger partial charge in [0.25, 0.3) is 0 Å². The van der Waals surface area contributed by atoms with Crippen LogP contribution in [-0.2, 0) is 27.8 Å². The van der Waals surface area contributed by atoms with Gasteiger partial charge in [-0.3, -0.25) is 8.42 Å². The van der Waals surface area contributed by atoms with Crippen LogP contribution in [0.2, 0.25) is 0 Å². The van der Waals surface area contributed by atoms with Crippen molar-refractivity contribution in [2.75, 3.05) is 0 Å². The maximum absolute atomic E-state index is 8.52. The van der Waals surface area contributed by atoms with Crippen LogP contribution in [0.15, 0.2) is 0 Å². The van der Waals surface area contributed by atoms with Crippen molar-refractivity contribution in [2.45, 2.75) is 0 Å². The van der Waals surface area contributed by atoms with Crippen LogP contribution >= 0.6 is 0 Å². The predicted octanol–water partition coefficient (Wildman–Crippen LogP) is -7.33. The van der Waals surface area contributed by atoms with Crippen molar-refractivity contribution < 1.29 is 138 Å². The molecule has 0 rings (SSSR count). The molecular formula is CrK2O4S+3. The summed E-state index contributed by atoms with van der Waals surface area (Å²) < 4.78 is 34.1. The molecule has 0 aromatic carbocycles. The summed E-state index contributed by atoms with van der Waals surface area (Å²) in [5.74, 6) is 0. The van der Waals surface area contributed by atoms with Crippen LogP contribution in [0.25, 0.3) is 0 Å². The minimum Gasteiger partial charge on any atom is -0.759 e. The largest absolute Gasteiger partial charge is 3.00 e. The summed E-state index contributed by atoms with van der Waals surface area (Å²) in [6, 6.07) is 0. The van der Waals surface area contributed by atoms with Crippen molar-refractivity contribution in [2.24, 2.45) is 0 Å². The molecule has 0 spiro atoms. The maximum atomic E-state index is 8.52. The molecular weight excluding hydrogens is 226 g/mol. The first-order chi connectivity index (χ1) is 2.00. The molecule has 0 N–H and O–H groups in total. The fourth-order valence-electron chi connectivity index (χ4n) is 0. The fraction of sp³-hybridized carbons (Fsp3) is 0. The second kappa shape index (κ2) is 10.7. The third kappa shape index (κ3) is 53.9. The van der Waals surface area contributed by atoms with Gasteiger partial charge in [-0.1, -0.05) is 0 Å². The van der Waals surface area contributed by atoms with Gasteiger partial charge in [-0.05, 0) is 0 Å². The van der Waals surface area contributed by atoms with Gasteiger partial charge in [0, 0.05) is 10.4 Å². The molecule has 0 atom stereocenters. The smallest absolute Gasteiger partial charge is 0.759 e. The molecule has 0 aromatic rings. The summed E-state index contributed by atoms with van der Waals surface area (Å²) in [5.41, 5.74) is 0. The Balaban J connectivity index is -0.0000000267. The average molecular weight is 226 g/mol. The Kier molecular flexibility index (Phi) is 30.1. The van der Waals surface area contributed by atoms with Gasteiger partial charge in [0.1, 0.15) is 0 Å². The van der Waals surface area contributed by atoms with Crippen LogP contribution in [0.5, 0.6) is 0 Å². The molecule has 0 aliphatic carbocycles. The van der Waals surface area contributed by atoms with Gasteiger partial charge in [-0.2, -0.15) is 0 Å². The van der Waals surface area contributed by atoms with E-state index in [4.69, 9.17) is 17.5 Å². The summed E-state index contributed by atoms with van der Waals surface area (Å²) in [6.07, 6.45) is 0. The third-order valence-corrected chi connectivity index (χ3v) is 0. The van der Waals surface area contributed by atoms with Crippen LogP contribution in [0.4, 0.5) is 0 Å². The van der Waals surface area contributed by atoms with Crippen molar-refractivity contribution in [1.82, 2.24) is 0 Å². The van der Waals surface area contributed by atoms with E-state index in [9.17, 15) is 0 Å². The Hall–Kier alpha value is 3.68. The summed E-state index contributed by atoms with van der Waals surface area (Å²) in [6.45, 7) is 0. The van der Waals surface area contributed by atoms with Gasteiger partial charge in [-0.15, -0.1) is 0 Å². The van der Waals surface area contributed by atoms with Gasteiger partial charge in [0.2, 0.25) is 0 Å². The summed E-state index contributed by atoms with van der Waals surface area (Å²) in [7, 11) is -5.17. The molecule has 8 heavy (non-hydrogen) atoms. The van der Waals surface area contributed by atoms with Crippen molar-refractivity contribution in [3.63, 3.8) is 0 Å². The zero-order valence-corrected chi connectivity index (χ0v) is 12.8.